The summed E-state index contributed by atoms with van der Waals surface area (Å²) in [5, 5.41) is 13.2. The van der Waals surface area contributed by atoms with Crippen molar-refractivity contribution in [2.75, 3.05) is 0 Å². The van der Waals surface area contributed by atoms with Crippen LogP contribution in [0.1, 0.15) is 56.3 Å². The summed E-state index contributed by atoms with van der Waals surface area (Å²) in [6.45, 7) is 2.42. The lowest BCUT2D eigenvalue weighted by molar-refractivity contribution is -0.163. The number of rotatable bonds is 5. The van der Waals surface area contributed by atoms with Crippen LogP contribution in [0.2, 0.25) is 0 Å². The molecule has 3 aliphatic carbocycles. The molecule has 0 aliphatic heterocycles. The highest BCUT2D eigenvalue weighted by Crippen LogP contribution is 2.57. The van der Waals surface area contributed by atoms with E-state index < -0.39 is 11.4 Å². The summed E-state index contributed by atoms with van der Waals surface area (Å²) in [6, 6.07) is 0. The number of nitrogens with one attached hydrogen (secondary N) is 1. The molecule has 1 aromatic rings. The average Bonchev–Trinajstić information content (AvgIpc) is 3.02. The van der Waals surface area contributed by atoms with Crippen LogP contribution in [-0.4, -0.2) is 26.3 Å². The highest BCUT2D eigenvalue weighted by molar-refractivity contribution is 7.05. The topological polar surface area (TPSA) is 92.2 Å². The first-order chi connectivity index (χ1) is 10.5. The molecule has 1 aromatic heterocycles. The van der Waals surface area contributed by atoms with Crippen molar-refractivity contribution in [2.24, 2.45) is 10.8 Å². The van der Waals surface area contributed by atoms with Gasteiger partial charge in [0.15, 0.2) is 0 Å². The Hall–Kier alpha value is -1.50. The second-order valence-electron chi connectivity index (χ2n) is 6.51. The van der Waals surface area contributed by atoms with Crippen molar-refractivity contribution in [3.63, 3.8) is 0 Å². The Morgan fingerprint density at radius 1 is 1.18 bits per heavy atom. The molecule has 22 heavy (non-hydrogen) atoms. The van der Waals surface area contributed by atoms with Crippen LogP contribution in [0.25, 0.3) is 0 Å². The van der Waals surface area contributed by atoms with Crippen LogP contribution in [-0.2, 0) is 22.6 Å². The number of carbonyl (C=O) groups excluding carboxylic acids is 1. The maximum Gasteiger partial charge on any atom is 0.309 e. The molecule has 3 saturated carbocycles. The van der Waals surface area contributed by atoms with Crippen molar-refractivity contribution < 1.29 is 14.7 Å². The van der Waals surface area contributed by atoms with Crippen molar-refractivity contribution in [1.29, 1.82) is 0 Å². The van der Waals surface area contributed by atoms with Gasteiger partial charge in [0.05, 0.1) is 12.0 Å². The van der Waals surface area contributed by atoms with Crippen molar-refractivity contribution in [1.82, 2.24) is 14.7 Å². The molecule has 0 aromatic carbocycles. The zero-order valence-electron chi connectivity index (χ0n) is 12.7. The Labute approximate surface area is 133 Å². The Kier molecular flexibility index (Phi) is 3.92. The van der Waals surface area contributed by atoms with Gasteiger partial charge in [-0.2, -0.15) is 4.37 Å². The van der Waals surface area contributed by atoms with E-state index in [1.54, 1.807) is 0 Å². The van der Waals surface area contributed by atoms with Gasteiger partial charge in [0, 0.05) is 11.8 Å². The third kappa shape index (κ3) is 2.51. The molecule has 2 N–H and O–H groups in total. The van der Waals surface area contributed by atoms with E-state index in [9.17, 15) is 14.7 Å². The van der Waals surface area contributed by atoms with Gasteiger partial charge in [0.25, 0.3) is 0 Å². The molecule has 0 radical (unpaired) electrons. The number of hydrogen-bond acceptors (Lipinski definition) is 5. The quantitative estimate of drug-likeness (QED) is 0.866. The van der Waals surface area contributed by atoms with Crippen molar-refractivity contribution >= 4 is 23.4 Å². The van der Waals surface area contributed by atoms with Gasteiger partial charge in [0.2, 0.25) is 5.91 Å². The molecule has 0 saturated heterocycles. The molecule has 6 nitrogen and oxygen atoms in total. The maximum absolute atomic E-state index is 12.6. The largest absolute Gasteiger partial charge is 0.481 e. The zero-order chi connectivity index (χ0) is 15.8. The van der Waals surface area contributed by atoms with Crippen molar-refractivity contribution in [2.45, 2.75) is 58.4 Å². The number of carboxylic acids is 1. The van der Waals surface area contributed by atoms with Gasteiger partial charge < -0.3 is 10.4 Å². The SMILES string of the molecule is CCc1nsc(CNC(=O)C23CCC(C(=O)O)(CC2)CC3)n1. The molecule has 0 spiro atoms. The molecule has 120 valence electrons. The minimum atomic E-state index is -0.692. The average molecular weight is 323 g/mol. The van der Waals surface area contributed by atoms with Crippen LogP contribution in [0.4, 0.5) is 0 Å². The third-order valence-electron chi connectivity index (χ3n) is 5.41. The minimum Gasteiger partial charge on any atom is -0.481 e. The van der Waals surface area contributed by atoms with E-state index in [0.29, 0.717) is 45.1 Å². The lowest BCUT2D eigenvalue weighted by atomic mass is 9.53. The van der Waals surface area contributed by atoms with Crippen molar-refractivity contribution in [3.05, 3.63) is 10.8 Å². The first kappa shape index (κ1) is 15.4. The fraction of sp³-hybridized carbons (Fsp3) is 0.733. The molecule has 3 fully saturated rings. The van der Waals surface area contributed by atoms with E-state index in [1.165, 1.54) is 11.5 Å². The van der Waals surface area contributed by atoms with Gasteiger partial charge >= 0.3 is 5.97 Å². The number of hydrogen-bond donors (Lipinski definition) is 2. The second-order valence-corrected chi connectivity index (χ2v) is 7.34. The second kappa shape index (κ2) is 5.61. The van der Waals surface area contributed by atoms with Gasteiger partial charge in [-0.25, -0.2) is 4.98 Å². The van der Waals surface area contributed by atoms with Crippen LogP contribution in [0.3, 0.4) is 0 Å². The number of fused-ring (bicyclic) bond motifs is 3. The molecule has 0 unspecified atom stereocenters. The lowest BCUT2D eigenvalue weighted by Crippen LogP contribution is -2.52. The third-order valence-corrected chi connectivity index (χ3v) is 6.16. The Morgan fingerprint density at radius 3 is 2.27 bits per heavy atom. The van der Waals surface area contributed by atoms with Crippen LogP contribution in [0.15, 0.2) is 0 Å². The van der Waals surface area contributed by atoms with Crippen LogP contribution < -0.4 is 5.32 Å². The molecule has 7 heteroatoms. The number of aryl methyl sites for hydroxylation is 1. The van der Waals surface area contributed by atoms with E-state index in [0.717, 1.165) is 17.3 Å². The molecule has 1 heterocycles. The molecule has 2 bridgehead atoms. The van der Waals surface area contributed by atoms with Crippen LogP contribution in [0.5, 0.6) is 0 Å². The van der Waals surface area contributed by atoms with Gasteiger partial charge in [-0.05, 0) is 50.1 Å². The Balaban J connectivity index is 1.60. The highest BCUT2D eigenvalue weighted by Gasteiger charge is 2.55. The number of amides is 1. The minimum absolute atomic E-state index is 0.0550. The number of aromatic nitrogens is 2. The summed E-state index contributed by atoms with van der Waals surface area (Å²) >= 11 is 1.33. The summed E-state index contributed by atoms with van der Waals surface area (Å²) in [5.74, 6) is 0.176. The lowest BCUT2D eigenvalue weighted by Gasteiger charge is -2.50. The fourth-order valence-corrected chi connectivity index (χ4v) is 4.36. The normalized spacial score (nSPS) is 30.2. The fourth-order valence-electron chi connectivity index (χ4n) is 3.70. The predicted molar refractivity (Wildman–Crippen MR) is 81.3 cm³/mol. The first-order valence-electron chi connectivity index (χ1n) is 7.83. The Bertz CT molecular complexity index is 574. The summed E-state index contributed by atoms with van der Waals surface area (Å²) in [7, 11) is 0. The van der Waals surface area contributed by atoms with Crippen LogP contribution in [0, 0.1) is 10.8 Å². The first-order valence-corrected chi connectivity index (χ1v) is 8.60. The number of carboxylic acid groups (broad SMARTS) is 1. The summed E-state index contributed by atoms with van der Waals surface area (Å²) < 4.78 is 4.21. The number of aliphatic carboxylic acids is 1. The molecule has 4 rings (SSSR count). The highest BCUT2D eigenvalue weighted by atomic mass is 32.1. The molecule has 1 amide bonds. The van der Waals surface area contributed by atoms with E-state index in [1.807, 2.05) is 6.92 Å². The van der Waals surface area contributed by atoms with Gasteiger partial charge in [0.1, 0.15) is 10.8 Å². The smallest absolute Gasteiger partial charge is 0.309 e. The predicted octanol–water partition coefficient (Wildman–Crippen LogP) is 2.14. The van der Waals surface area contributed by atoms with Gasteiger partial charge in [-0.1, -0.05) is 6.92 Å². The standard InChI is InChI=1S/C15H21N3O3S/c1-2-10-17-11(22-18-10)9-16-12(19)14-3-6-15(7-4-14,8-5-14)13(20)21/h2-9H2,1H3,(H,16,19)(H,20,21). The van der Waals surface area contributed by atoms with Gasteiger partial charge in [-0.3, -0.25) is 9.59 Å². The molecular weight excluding hydrogens is 302 g/mol. The van der Waals surface area contributed by atoms with E-state index in [-0.39, 0.29) is 11.3 Å². The summed E-state index contributed by atoms with van der Waals surface area (Å²) in [4.78, 5) is 28.4. The Morgan fingerprint density at radius 2 is 1.77 bits per heavy atom. The van der Waals surface area contributed by atoms with Gasteiger partial charge in [-0.15, -0.1) is 0 Å². The monoisotopic (exact) mass is 323 g/mol. The number of nitrogens with zero attached hydrogens (tertiary/aromatic N) is 2. The number of carbonyl (C=O) groups is 2. The molecule has 3 aliphatic rings. The van der Waals surface area contributed by atoms with E-state index in [4.69, 9.17) is 0 Å². The van der Waals surface area contributed by atoms with E-state index >= 15 is 0 Å². The van der Waals surface area contributed by atoms with Crippen LogP contribution >= 0.6 is 11.5 Å². The van der Waals surface area contributed by atoms with Crippen molar-refractivity contribution in [3.8, 4) is 0 Å². The van der Waals surface area contributed by atoms with E-state index in [2.05, 4.69) is 14.7 Å². The molecule has 0 atom stereocenters. The summed E-state index contributed by atoms with van der Waals surface area (Å²) in [5.41, 5.74) is -0.938. The zero-order valence-corrected chi connectivity index (χ0v) is 13.5. The maximum atomic E-state index is 12.6. The summed E-state index contributed by atoms with van der Waals surface area (Å²) in [6.07, 6.45) is 4.70. The molecular formula is C15H21N3O3S.